The number of hydrogen-bond donors (Lipinski definition) is 0. The van der Waals surface area contributed by atoms with Crippen LogP contribution >= 0.6 is 7.26 Å². The quantitative estimate of drug-likeness (QED) is 0.157. The van der Waals surface area contributed by atoms with Crippen molar-refractivity contribution < 1.29 is 0 Å². The molecule has 33 heavy (non-hydrogen) atoms. The molecule has 0 amide bonds. The van der Waals surface area contributed by atoms with E-state index in [1.807, 2.05) is 0 Å². The second kappa shape index (κ2) is 14.4. The minimum atomic E-state index is -1.72. The summed E-state index contributed by atoms with van der Waals surface area (Å²) in [7, 11) is -1.72. The molecule has 176 valence electrons. The van der Waals surface area contributed by atoms with Gasteiger partial charge in [0.1, 0.15) is 23.2 Å². The zero-order valence-corrected chi connectivity index (χ0v) is 21.9. The summed E-state index contributed by atoms with van der Waals surface area (Å²) in [4.78, 5) is 0. The van der Waals surface area contributed by atoms with Gasteiger partial charge in [-0.05, 0) is 56.2 Å². The molecule has 0 aliphatic carbocycles. The van der Waals surface area contributed by atoms with Gasteiger partial charge in [0.05, 0.1) is 5.66 Å². The molecule has 1 heteroatoms. The molecule has 3 aromatic carbocycles. The highest BCUT2D eigenvalue weighted by Crippen LogP contribution is 2.60. The second-order valence-electron chi connectivity index (χ2n) is 9.55. The van der Waals surface area contributed by atoms with E-state index in [-0.39, 0.29) is 0 Å². The number of rotatable bonds is 15. The van der Waals surface area contributed by atoms with E-state index in [4.69, 9.17) is 0 Å². The predicted molar refractivity (Wildman–Crippen MR) is 151 cm³/mol. The standard InChI is InChI=1S/C32H44P/c1-3-4-5-6-7-8-9-10-11-15-22-29(2)33(30-23-16-12-17-24-30,31-25-18-13-19-26-31)32-27-20-14-21-28-32/h12-14,16-21,23-29H,3-11,15,22H2,1-2H3/q+1. The highest BCUT2D eigenvalue weighted by molar-refractivity contribution is 7.96. The molecule has 0 N–H and O–H groups in total. The molecule has 0 spiro atoms. The zero-order chi connectivity index (χ0) is 23.2. The monoisotopic (exact) mass is 459 g/mol. The third-order valence-corrected chi connectivity index (χ3v) is 12.0. The van der Waals surface area contributed by atoms with Crippen molar-refractivity contribution in [3.05, 3.63) is 91.0 Å². The van der Waals surface area contributed by atoms with Gasteiger partial charge in [0.2, 0.25) is 0 Å². The Morgan fingerprint density at radius 1 is 0.485 bits per heavy atom. The molecule has 0 heterocycles. The molecular weight excluding hydrogens is 415 g/mol. The van der Waals surface area contributed by atoms with Gasteiger partial charge >= 0.3 is 0 Å². The number of benzene rings is 3. The fourth-order valence-electron chi connectivity index (χ4n) is 5.32. The van der Waals surface area contributed by atoms with E-state index in [2.05, 4.69) is 105 Å². The van der Waals surface area contributed by atoms with Crippen LogP contribution in [0.2, 0.25) is 0 Å². The molecule has 3 aromatic rings. The Morgan fingerprint density at radius 2 is 0.818 bits per heavy atom. The van der Waals surface area contributed by atoms with Crippen LogP contribution in [0.1, 0.15) is 84.5 Å². The molecule has 0 fully saturated rings. The van der Waals surface area contributed by atoms with E-state index >= 15 is 0 Å². The van der Waals surface area contributed by atoms with Crippen LogP contribution in [-0.2, 0) is 0 Å². The fourth-order valence-corrected chi connectivity index (χ4v) is 10.2. The summed E-state index contributed by atoms with van der Waals surface area (Å²) in [6, 6.07) is 34.1. The molecule has 0 radical (unpaired) electrons. The van der Waals surface area contributed by atoms with Gasteiger partial charge in [-0.3, -0.25) is 0 Å². The van der Waals surface area contributed by atoms with Gasteiger partial charge in [-0.15, -0.1) is 0 Å². The van der Waals surface area contributed by atoms with E-state index in [1.165, 1.54) is 86.5 Å². The van der Waals surface area contributed by atoms with Crippen LogP contribution in [0.4, 0.5) is 0 Å². The summed E-state index contributed by atoms with van der Waals surface area (Å²) in [5.41, 5.74) is 0.624. The summed E-state index contributed by atoms with van der Waals surface area (Å²) in [6.07, 6.45) is 15.3. The topological polar surface area (TPSA) is 0 Å². The SMILES string of the molecule is CCCCCCCCCCCCC(C)[P+](c1ccccc1)(c1ccccc1)c1ccccc1. The average Bonchev–Trinajstić information content (AvgIpc) is 2.88. The van der Waals surface area contributed by atoms with Crippen molar-refractivity contribution >= 4 is 23.2 Å². The largest absolute Gasteiger partial charge is 0.114 e. The Bertz CT molecular complexity index is 775. The molecule has 0 bridgehead atoms. The summed E-state index contributed by atoms with van der Waals surface area (Å²) in [6.45, 7) is 4.82. The molecule has 0 aromatic heterocycles. The van der Waals surface area contributed by atoms with Gasteiger partial charge in [-0.1, -0.05) is 119 Å². The molecular formula is C32H44P+. The van der Waals surface area contributed by atoms with Crippen LogP contribution < -0.4 is 15.9 Å². The Kier molecular flexibility index (Phi) is 11.2. The summed E-state index contributed by atoms with van der Waals surface area (Å²) in [5, 5.41) is 4.55. The molecule has 0 aliphatic rings. The molecule has 1 atom stereocenters. The highest BCUT2D eigenvalue weighted by Gasteiger charge is 2.49. The van der Waals surface area contributed by atoms with Crippen LogP contribution in [0.15, 0.2) is 91.0 Å². The van der Waals surface area contributed by atoms with Gasteiger partial charge in [-0.25, -0.2) is 0 Å². The van der Waals surface area contributed by atoms with Gasteiger partial charge < -0.3 is 0 Å². The molecule has 0 aliphatic heterocycles. The van der Waals surface area contributed by atoms with E-state index in [0.29, 0.717) is 5.66 Å². The van der Waals surface area contributed by atoms with Crippen molar-refractivity contribution in [3.8, 4) is 0 Å². The van der Waals surface area contributed by atoms with E-state index < -0.39 is 7.26 Å². The maximum absolute atomic E-state index is 2.52. The van der Waals surface area contributed by atoms with Crippen LogP contribution in [-0.4, -0.2) is 5.66 Å². The Hall–Kier alpha value is -1.91. The van der Waals surface area contributed by atoms with Crippen molar-refractivity contribution in [1.29, 1.82) is 0 Å². The summed E-state index contributed by atoms with van der Waals surface area (Å²) < 4.78 is 0. The van der Waals surface area contributed by atoms with Crippen molar-refractivity contribution in [3.63, 3.8) is 0 Å². The summed E-state index contributed by atoms with van der Waals surface area (Å²) in [5.74, 6) is 0. The smallest absolute Gasteiger partial charge is 0.0654 e. The molecule has 0 nitrogen and oxygen atoms in total. The van der Waals surface area contributed by atoms with Gasteiger partial charge in [-0.2, -0.15) is 0 Å². The Balaban J connectivity index is 1.71. The van der Waals surface area contributed by atoms with Crippen molar-refractivity contribution in [2.45, 2.75) is 90.1 Å². The lowest BCUT2D eigenvalue weighted by atomic mass is 10.1. The first-order valence-corrected chi connectivity index (χ1v) is 15.2. The lowest BCUT2D eigenvalue weighted by Gasteiger charge is -2.33. The molecule has 1 unspecified atom stereocenters. The number of unbranched alkanes of at least 4 members (excludes halogenated alkanes) is 9. The lowest BCUT2D eigenvalue weighted by molar-refractivity contribution is 0.549. The second-order valence-corrected chi connectivity index (χ2v) is 13.4. The van der Waals surface area contributed by atoms with Crippen LogP contribution in [0, 0.1) is 0 Å². The predicted octanol–water partition coefficient (Wildman–Crippen LogP) is 8.68. The van der Waals surface area contributed by atoms with E-state index in [1.54, 1.807) is 0 Å². The molecule has 0 saturated heterocycles. The van der Waals surface area contributed by atoms with Crippen molar-refractivity contribution in [2.24, 2.45) is 0 Å². The number of hydrogen-bond acceptors (Lipinski definition) is 0. The first-order chi connectivity index (χ1) is 16.3. The maximum Gasteiger partial charge on any atom is 0.114 e. The molecule has 3 rings (SSSR count). The normalized spacial score (nSPS) is 12.5. The first-order valence-electron chi connectivity index (χ1n) is 13.4. The lowest BCUT2D eigenvalue weighted by Crippen LogP contribution is -2.37. The first kappa shape index (κ1) is 25.7. The Labute approximate surface area is 204 Å². The van der Waals surface area contributed by atoms with Crippen LogP contribution in [0.25, 0.3) is 0 Å². The fraction of sp³-hybridized carbons (Fsp3) is 0.438. The third kappa shape index (κ3) is 7.04. The van der Waals surface area contributed by atoms with Gasteiger partial charge in [0.15, 0.2) is 0 Å². The van der Waals surface area contributed by atoms with E-state index in [0.717, 1.165) is 0 Å². The van der Waals surface area contributed by atoms with Gasteiger partial charge in [0, 0.05) is 0 Å². The van der Waals surface area contributed by atoms with Gasteiger partial charge in [0.25, 0.3) is 0 Å². The van der Waals surface area contributed by atoms with Crippen LogP contribution in [0.3, 0.4) is 0 Å². The molecule has 0 saturated carbocycles. The summed E-state index contributed by atoms with van der Waals surface area (Å²) >= 11 is 0. The highest BCUT2D eigenvalue weighted by atomic mass is 31.2. The minimum absolute atomic E-state index is 0.624. The van der Waals surface area contributed by atoms with E-state index in [9.17, 15) is 0 Å². The third-order valence-electron chi connectivity index (χ3n) is 7.13. The Morgan fingerprint density at radius 3 is 1.18 bits per heavy atom. The maximum atomic E-state index is 2.52. The van der Waals surface area contributed by atoms with Crippen LogP contribution in [0.5, 0.6) is 0 Å². The van der Waals surface area contributed by atoms with Crippen molar-refractivity contribution in [1.82, 2.24) is 0 Å². The zero-order valence-electron chi connectivity index (χ0n) is 21.0. The average molecular weight is 460 g/mol. The van der Waals surface area contributed by atoms with Crippen molar-refractivity contribution in [2.75, 3.05) is 0 Å². The minimum Gasteiger partial charge on any atom is -0.0654 e.